The highest BCUT2D eigenvalue weighted by Crippen LogP contribution is 2.35. The molecule has 2 aromatic rings. The molecule has 1 aliphatic rings. The molecule has 1 aliphatic heterocycles. The zero-order valence-electron chi connectivity index (χ0n) is 21.3. The SMILES string of the molecule is C=C[C@H](C(OS(C)(=O)=O)C(=O)OCC)[C@H]1C[C@@H](COCc2ccc(OC)cc2)O[C@@H](c2ccccc2)O1. The van der Waals surface area contributed by atoms with Crippen molar-refractivity contribution in [2.24, 2.45) is 5.92 Å². The number of ether oxygens (including phenoxy) is 5. The van der Waals surface area contributed by atoms with Gasteiger partial charge in [-0.1, -0.05) is 48.5 Å². The average molecular weight is 535 g/mol. The first kappa shape index (κ1) is 28.8. The number of esters is 1. The van der Waals surface area contributed by atoms with Gasteiger partial charge in [-0.25, -0.2) is 4.79 Å². The third-order valence-electron chi connectivity index (χ3n) is 5.76. The van der Waals surface area contributed by atoms with E-state index in [4.69, 9.17) is 27.9 Å². The first-order chi connectivity index (χ1) is 17.7. The quantitative estimate of drug-likeness (QED) is 0.215. The van der Waals surface area contributed by atoms with E-state index < -0.39 is 46.6 Å². The maximum absolute atomic E-state index is 12.7. The Balaban J connectivity index is 1.79. The zero-order valence-corrected chi connectivity index (χ0v) is 22.1. The first-order valence-electron chi connectivity index (χ1n) is 12.0. The topological polar surface area (TPSA) is 107 Å². The van der Waals surface area contributed by atoms with Gasteiger partial charge in [-0.15, -0.1) is 6.58 Å². The summed E-state index contributed by atoms with van der Waals surface area (Å²) in [5.74, 6) is -0.877. The average Bonchev–Trinajstić information content (AvgIpc) is 2.89. The van der Waals surface area contributed by atoms with Gasteiger partial charge in [0.1, 0.15) is 5.75 Å². The molecule has 1 saturated heterocycles. The molecular weight excluding hydrogens is 500 g/mol. The van der Waals surface area contributed by atoms with Gasteiger partial charge in [0.25, 0.3) is 10.1 Å². The zero-order chi connectivity index (χ0) is 26.8. The summed E-state index contributed by atoms with van der Waals surface area (Å²) >= 11 is 0. The van der Waals surface area contributed by atoms with Crippen molar-refractivity contribution >= 4 is 16.1 Å². The van der Waals surface area contributed by atoms with Crippen LogP contribution in [0.15, 0.2) is 67.3 Å². The fraction of sp³-hybridized carbons (Fsp3) is 0.444. The van der Waals surface area contributed by atoms with E-state index in [0.717, 1.165) is 23.1 Å². The Morgan fingerprint density at radius 2 is 1.84 bits per heavy atom. The van der Waals surface area contributed by atoms with Gasteiger partial charge in [0.2, 0.25) is 0 Å². The van der Waals surface area contributed by atoms with Crippen LogP contribution in [0.1, 0.15) is 30.8 Å². The van der Waals surface area contributed by atoms with Crippen LogP contribution in [-0.4, -0.2) is 59.3 Å². The van der Waals surface area contributed by atoms with Crippen LogP contribution < -0.4 is 4.74 Å². The largest absolute Gasteiger partial charge is 0.497 e. The van der Waals surface area contributed by atoms with Gasteiger partial charge in [-0.2, -0.15) is 8.42 Å². The number of carbonyl (C=O) groups excluding carboxylic acids is 1. The molecule has 5 atom stereocenters. The van der Waals surface area contributed by atoms with Crippen molar-refractivity contribution in [1.29, 1.82) is 0 Å². The van der Waals surface area contributed by atoms with Crippen molar-refractivity contribution in [2.45, 2.75) is 44.6 Å². The van der Waals surface area contributed by atoms with E-state index in [9.17, 15) is 13.2 Å². The third kappa shape index (κ3) is 8.65. The van der Waals surface area contributed by atoms with Gasteiger partial charge in [0.15, 0.2) is 12.4 Å². The highest BCUT2D eigenvalue weighted by Gasteiger charge is 2.42. The van der Waals surface area contributed by atoms with E-state index in [1.54, 1.807) is 14.0 Å². The minimum absolute atomic E-state index is 0.0649. The Labute approximate surface area is 218 Å². The van der Waals surface area contributed by atoms with E-state index in [1.165, 1.54) is 6.08 Å². The standard InChI is InChI=1S/C27H34O9S/c1-5-23(25(26(28)33-6-2)36-37(4,29)30)24-16-22(34-27(35-24)20-10-8-7-9-11-20)18-32-17-19-12-14-21(31-3)15-13-19/h5,7-15,22-25,27H,1,6,16-18H2,2-4H3/t22-,23-,24+,25?,27+/m0/s1. The van der Waals surface area contributed by atoms with E-state index in [0.29, 0.717) is 13.0 Å². The molecule has 2 aromatic carbocycles. The van der Waals surface area contributed by atoms with Crippen LogP contribution in [0.4, 0.5) is 0 Å². The fourth-order valence-corrected chi connectivity index (χ4v) is 4.62. The number of hydrogen-bond acceptors (Lipinski definition) is 9. The van der Waals surface area contributed by atoms with Crippen LogP contribution >= 0.6 is 0 Å². The van der Waals surface area contributed by atoms with Crippen LogP contribution in [0.2, 0.25) is 0 Å². The van der Waals surface area contributed by atoms with Gasteiger partial charge in [0, 0.05) is 17.9 Å². The number of hydrogen-bond donors (Lipinski definition) is 0. The van der Waals surface area contributed by atoms with E-state index in [1.807, 2.05) is 54.6 Å². The lowest BCUT2D eigenvalue weighted by atomic mass is 9.91. The first-order valence-corrected chi connectivity index (χ1v) is 13.8. The lowest BCUT2D eigenvalue weighted by molar-refractivity contribution is -0.267. The molecule has 0 bridgehead atoms. The van der Waals surface area contributed by atoms with E-state index >= 15 is 0 Å². The van der Waals surface area contributed by atoms with Crippen molar-refractivity contribution in [1.82, 2.24) is 0 Å². The lowest BCUT2D eigenvalue weighted by Crippen LogP contribution is -2.46. The summed E-state index contributed by atoms with van der Waals surface area (Å²) in [5.41, 5.74) is 1.74. The molecule has 0 amide bonds. The molecular formula is C27H34O9S. The van der Waals surface area contributed by atoms with Gasteiger partial charge < -0.3 is 23.7 Å². The lowest BCUT2D eigenvalue weighted by Gasteiger charge is -2.39. The third-order valence-corrected chi connectivity index (χ3v) is 6.32. The summed E-state index contributed by atoms with van der Waals surface area (Å²) in [7, 11) is -2.37. The van der Waals surface area contributed by atoms with Crippen LogP contribution in [0.5, 0.6) is 5.75 Å². The second-order valence-corrected chi connectivity index (χ2v) is 10.2. The summed E-state index contributed by atoms with van der Waals surface area (Å²) in [6.07, 6.45) is -0.641. The summed E-state index contributed by atoms with van der Waals surface area (Å²) in [6, 6.07) is 16.9. The Hall–Kier alpha value is -2.76. The molecule has 1 unspecified atom stereocenters. The molecule has 1 heterocycles. The molecule has 0 aliphatic carbocycles. The molecule has 0 saturated carbocycles. The maximum Gasteiger partial charge on any atom is 0.337 e. The van der Waals surface area contributed by atoms with Gasteiger partial charge in [0.05, 0.1) is 45.4 Å². The molecule has 37 heavy (non-hydrogen) atoms. The normalized spacial score (nSPS) is 21.5. The molecule has 0 radical (unpaired) electrons. The van der Waals surface area contributed by atoms with Crippen LogP contribution in [-0.2, 0) is 44.7 Å². The molecule has 3 rings (SSSR count). The molecule has 0 N–H and O–H groups in total. The van der Waals surface area contributed by atoms with Crippen molar-refractivity contribution in [2.75, 3.05) is 26.6 Å². The highest BCUT2D eigenvalue weighted by atomic mass is 32.2. The minimum atomic E-state index is -3.98. The minimum Gasteiger partial charge on any atom is -0.497 e. The fourth-order valence-electron chi connectivity index (χ4n) is 4.03. The smallest absolute Gasteiger partial charge is 0.337 e. The van der Waals surface area contributed by atoms with Crippen molar-refractivity contribution in [3.8, 4) is 5.75 Å². The molecule has 10 heteroatoms. The summed E-state index contributed by atoms with van der Waals surface area (Å²) in [5, 5.41) is 0. The Kier molecular flexibility index (Phi) is 10.7. The highest BCUT2D eigenvalue weighted by molar-refractivity contribution is 7.86. The molecule has 0 aromatic heterocycles. The predicted molar refractivity (Wildman–Crippen MR) is 136 cm³/mol. The number of benzene rings is 2. The van der Waals surface area contributed by atoms with Gasteiger partial charge in [-0.05, 0) is 24.6 Å². The van der Waals surface area contributed by atoms with Crippen molar-refractivity contribution < 1.29 is 41.1 Å². The number of rotatable bonds is 13. The Morgan fingerprint density at radius 1 is 1.14 bits per heavy atom. The molecule has 202 valence electrons. The summed E-state index contributed by atoms with van der Waals surface area (Å²) in [6.45, 7) is 6.12. The Morgan fingerprint density at radius 3 is 2.43 bits per heavy atom. The van der Waals surface area contributed by atoms with E-state index in [-0.39, 0.29) is 13.2 Å². The summed E-state index contributed by atoms with van der Waals surface area (Å²) < 4.78 is 57.7. The second-order valence-electron chi connectivity index (χ2n) is 8.56. The molecule has 1 fully saturated rings. The Bertz CT molecular complexity index is 1100. The number of methoxy groups -OCH3 is 1. The molecule has 0 spiro atoms. The van der Waals surface area contributed by atoms with Gasteiger partial charge in [-0.3, -0.25) is 4.18 Å². The van der Waals surface area contributed by atoms with Crippen LogP contribution in [0.3, 0.4) is 0 Å². The molecule has 9 nitrogen and oxygen atoms in total. The summed E-state index contributed by atoms with van der Waals surface area (Å²) in [4.78, 5) is 12.7. The van der Waals surface area contributed by atoms with E-state index in [2.05, 4.69) is 6.58 Å². The number of carbonyl (C=O) groups is 1. The van der Waals surface area contributed by atoms with Crippen LogP contribution in [0, 0.1) is 5.92 Å². The monoisotopic (exact) mass is 534 g/mol. The van der Waals surface area contributed by atoms with Crippen molar-refractivity contribution in [3.63, 3.8) is 0 Å². The maximum atomic E-state index is 12.7. The predicted octanol–water partition coefficient (Wildman–Crippen LogP) is 3.79. The second kappa shape index (κ2) is 13.7. The van der Waals surface area contributed by atoms with Gasteiger partial charge >= 0.3 is 5.97 Å². The van der Waals surface area contributed by atoms with Crippen LogP contribution in [0.25, 0.3) is 0 Å². The van der Waals surface area contributed by atoms with Crippen molar-refractivity contribution in [3.05, 3.63) is 78.4 Å².